The summed E-state index contributed by atoms with van der Waals surface area (Å²) in [5, 5.41) is 0. The largest absolute Gasteiger partial charge is 0.397 e. The van der Waals surface area contributed by atoms with Crippen LogP contribution in [0.15, 0.2) is 18.7 Å². The fraction of sp³-hybridized carbons (Fsp3) is 0.429. The molecule has 0 saturated carbocycles. The van der Waals surface area contributed by atoms with Crippen molar-refractivity contribution >= 4 is 0 Å². The fourth-order valence-corrected chi connectivity index (χ4v) is 0.949. The highest BCUT2D eigenvalue weighted by Gasteiger charge is 2.39. The number of rotatable bonds is 2. The standard InChI is InChI=1S/C7H8F3N3/c8-7(9,10)6(1-11)5-2-12-4-13-3-5/h2-4,6H,1,11H2. The van der Waals surface area contributed by atoms with Gasteiger partial charge >= 0.3 is 6.18 Å². The highest BCUT2D eigenvalue weighted by Crippen LogP contribution is 2.32. The van der Waals surface area contributed by atoms with Crippen LogP contribution in [0.4, 0.5) is 13.2 Å². The van der Waals surface area contributed by atoms with Crippen molar-refractivity contribution in [1.29, 1.82) is 0 Å². The Morgan fingerprint density at radius 1 is 1.31 bits per heavy atom. The highest BCUT2D eigenvalue weighted by molar-refractivity contribution is 5.12. The number of nitrogens with zero attached hydrogens (tertiary/aromatic N) is 2. The van der Waals surface area contributed by atoms with E-state index in [1.54, 1.807) is 0 Å². The summed E-state index contributed by atoms with van der Waals surface area (Å²) in [7, 11) is 0. The van der Waals surface area contributed by atoms with Gasteiger partial charge in [0, 0.05) is 24.5 Å². The molecule has 0 aliphatic carbocycles. The van der Waals surface area contributed by atoms with Gasteiger partial charge in [0.25, 0.3) is 0 Å². The van der Waals surface area contributed by atoms with Crippen molar-refractivity contribution in [3.05, 3.63) is 24.3 Å². The Labute approximate surface area is 72.8 Å². The molecule has 1 aromatic heterocycles. The topological polar surface area (TPSA) is 51.8 Å². The third-order valence-corrected chi connectivity index (χ3v) is 1.61. The van der Waals surface area contributed by atoms with Crippen LogP contribution in [0, 0.1) is 0 Å². The van der Waals surface area contributed by atoms with Crippen LogP contribution >= 0.6 is 0 Å². The van der Waals surface area contributed by atoms with Crippen LogP contribution in [0.5, 0.6) is 0 Å². The molecular formula is C7H8F3N3. The lowest BCUT2D eigenvalue weighted by atomic mass is 10.0. The van der Waals surface area contributed by atoms with E-state index >= 15 is 0 Å². The summed E-state index contributed by atoms with van der Waals surface area (Å²) in [6.45, 7) is -0.489. The smallest absolute Gasteiger partial charge is 0.330 e. The van der Waals surface area contributed by atoms with Gasteiger partial charge in [0.15, 0.2) is 0 Å². The minimum absolute atomic E-state index is 0.00231. The first-order valence-corrected chi connectivity index (χ1v) is 3.57. The predicted octanol–water partition coefficient (Wildman–Crippen LogP) is 1.08. The van der Waals surface area contributed by atoms with Crippen LogP contribution in [-0.4, -0.2) is 22.7 Å². The Balaban J connectivity index is 2.92. The zero-order valence-electron chi connectivity index (χ0n) is 6.62. The first-order chi connectivity index (χ1) is 6.05. The van der Waals surface area contributed by atoms with Gasteiger partial charge < -0.3 is 5.73 Å². The van der Waals surface area contributed by atoms with E-state index in [1.165, 1.54) is 6.33 Å². The number of hydrogen-bond donors (Lipinski definition) is 1. The van der Waals surface area contributed by atoms with Crippen molar-refractivity contribution in [2.45, 2.75) is 12.1 Å². The summed E-state index contributed by atoms with van der Waals surface area (Å²) in [5.41, 5.74) is 5.01. The maximum Gasteiger partial charge on any atom is 0.397 e. The Hall–Kier alpha value is -1.17. The molecule has 0 spiro atoms. The molecule has 1 heterocycles. The van der Waals surface area contributed by atoms with E-state index in [-0.39, 0.29) is 5.56 Å². The van der Waals surface area contributed by atoms with E-state index in [0.717, 1.165) is 12.4 Å². The molecular weight excluding hydrogens is 183 g/mol. The molecule has 0 aliphatic rings. The zero-order chi connectivity index (χ0) is 9.90. The Bertz CT molecular complexity index is 259. The lowest BCUT2D eigenvalue weighted by Gasteiger charge is -2.17. The third-order valence-electron chi connectivity index (χ3n) is 1.61. The minimum Gasteiger partial charge on any atom is -0.330 e. The van der Waals surface area contributed by atoms with Crippen molar-refractivity contribution in [3.63, 3.8) is 0 Å². The van der Waals surface area contributed by atoms with Gasteiger partial charge in [0.05, 0.1) is 5.92 Å². The van der Waals surface area contributed by atoms with Gasteiger partial charge in [-0.3, -0.25) is 0 Å². The van der Waals surface area contributed by atoms with Crippen LogP contribution in [0.25, 0.3) is 0 Å². The lowest BCUT2D eigenvalue weighted by molar-refractivity contribution is -0.148. The first-order valence-electron chi connectivity index (χ1n) is 3.57. The van der Waals surface area contributed by atoms with Crippen LogP contribution < -0.4 is 5.73 Å². The molecule has 0 aliphatic heterocycles. The van der Waals surface area contributed by atoms with E-state index < -0.39 is 18.6 Å². The molecule has 6 heteroatoms. The van der Waals surface area contributed by atoms with Crippen molar-refractivity contribution in [2.75, 3.05) is 6.54 Å². The number of aromatic nitrogens is 2. The average molecular weight is 191 g/mol. The molecule has 1 rings (SSSR count). The van der Waals surface area contributed by atoms with Crippen LogP contribution in [0.1, 0.15) is 11.5 Å². The number of nitrogens with two attached hydrogens (primary N) is 1. The molecule has 2 N–H and O–H groups in total. The molecule has 0 aromatic carbocycles. The van der Waals surface area contributed by atoms with Gasteiger partial charge in [-0.25, -0.2) is 9.97 Å². The summed E-state index contributed by atoms with van der Waals surface area (Å²) < 4.78 is 36.8. The second-order valence-electron chi connectivity index (χ2n) is 2.50. The predicted molar refractivity (Wildman–Crippen MR) is 39.9 cm³/mol. The zero-order valence-corrected chi connectivity index (χ0v) is 6.62. The lowest BCUT2D eigenvalue weighted by Crippen LogP contribution is -2.28. The van der Waals surface area contributed by atoms with Crippen LogP contribution in [-0.2, 0) is 0 Å². The Kier molecular flexibility index (Phi) is 2.82. The molecule has 1 unspecified atom stereocenters. The van der Waals surface area contributed by atoms with Gasteiger partial charge in [-0.15, -0.1) is 0 Å². The van der Waals surface area contributed by atoms with E-state index in [4.69, 9.17) is 5.73 Å². The number of hydrogen-bond acceptors (Lipinski definition) is 3. The Morgan fingerprint density at radius 2 is 1.85 bits per heavy atom. The van der Waals surface area contributed by atoms with E-state index in [0.29, 0.717) is 0 Å². The van der Waals surface area contributed by atoms with Crippen molar-refractivity contribution in [1.82, 2.24) is 9.97 Å². The van der Waals surface area contributed by atoms with Gasteiger partial charge in [-0.1, -0.05) is 0 Å². The molecule has 0 fully saturated rings. The van der Waals surface area contributed by atoms with Crippen LogP contribution in [0.2, 0.25) is 0 Å². The molecule has 1 aromatic rings. The maximum atomic E-state index is 12.3. The monoisotopic (exact) mass is 191 g/mol. The second-order valence-corrected chi connectivity index (χ2v) is 2.50. The molecule has 0 bridgehead atoms. The SMILES string of the molecule is NCC(c1cncnc1)C(F)(F)F. The van der Waals surface area contributed by atoms with Crippen molar-refractivity contribution < 1.29 is 13.2 Å². The van der Waals surface area contributed by atoms with E-state index in [1.807, 2.05) is 0 Å². The summed E-state index contributed by atoms with van der Waals surface area (Å²) in [6.07, 6.45) is -0.914. The van der Waals surface area contributed by atoms with E-state index in [2.05, 4.69) is 9.97 Å². The number of alkyl halides is 3. The molecule has 72 valence electrons. The third kappa shape index (κ3) is 2.38. The second kappa shape index (κ2) is 3.69. The van der Waals surface area contributed by atoms with Gasteiger partial charge in [-0.2, -0.15) is 13.2 Å². The summed E-state index contributed by atoms with van der Waals surface area (Å²) in [5.74, 6) is -1.67. The van der Waals surface area contributed by atoms with Gasteiger partial charge in [-0.05, 0) is 0 Å². The average Bonchev–Trinajstić information content (AvgIpc) is 2.05. The fourth-order valence-electron chi connectivity index (χ4n) is 0.949. The molecule has 0 radical (unpaired) electrons. The minimum atomic E-state index is -4.33. The quantitative estimate of drug-likeness (QED) is 0.761. The van der Waals surface area contributed by atoms with Gasteiger partial charge in [0.2, 0.25) is 0 Å². The molecule has 13 heavy (non-hydrogen) atoms. The molecule has 1 atom stereocenters. The van der Waals surface area contributed by atoms with Crippen molar-refractivity contribution in [2.24, 2.45) is 5.73 Å². The van der Waals surface area contributed by atoms with Crippen LogP contribution in [0.3, 0.4) is 0 Å². The van der Waals surface area contributed by atoms with Gasteiger partial charge in [0.1, 0.15) is 6.33 Å². The van der Waals surface area contributed by atoms with E-state index in [9.17, 15) is 13.2 Å². The molecule has 0 amide bonds. The normalized spacial score (nSPS) is 14.2. The summed E-state index contributed by atoms with van der Waals surface area (Å²) in [4.78, 5) is 7.00. The van der Waals surface area contributed by atoms with Crippen molar-refractivity contribution in [3.8, 4) is 0 Å². The maximum absolute atomic E-state index is 12.3. The molecule has 0 saturated heterocycles. The Morgan fingerprint density at radius 3 is 2.23 bits per heavy atom. The summed E-state index contributed by atoms with van der Waals surface area (Å²) >= 11 is 0. The highest BCUT2D eigenvalue weighted by atomic mass is 19.4. The summed E-state index contributed by atoms with van der Waals surface area (Å²) in [6, 6.07) is 0. The first kappa shape index (κ1) is 9.91. The molecule has 3 nitrogen and oxygen atoms in total. The number of halogens is 3.